The molecule has 0 fully saturated rings. The van der Waals surface area contributed by atoms with Crippen LogP contribution in [0.2, 0.25) is 0 Å². The molecule has 0 bridgehead atoms. The second kappa shape index (κ2) is 8.47. The summed E-state index contributed by atoms with van der Waals surface area (Å²) in [4.78, 5) is 1.96. The Morgan fingerprint density at radius 2 is 1.68 bits per heavy atom. The Bertz CT molecular complexity index is 805. The predicted octanol–water partition coefficient (Wildman–Crippen LogP) is 3.26. The molecule has 0 aliphatic rings. The Labute approximate surface area is 150 Å². The number of furan rings is 1. The van der Waals surface area contributed by atoms with Gasteiger partial charge in [0, 0.05) is 18.5 Å². The molecule has 0 saturated heterocycles. The summed E-state index contributed by atoms with van der Waals surface area (Å²) in [6, 6.07) is 11.4. The normalized spacial score (nSPS) is 12.6. The molecule has 2 aromatic rings. The first-order valence-electron chi connectivity index (χ1n) is 8.21. The van der Waals surface area contributed by atoms with Gasteiger partial charge in [0.25, 0.3) is 0 Å². The van der Waals surface area contributed by atoms with Crippen LogP contribution in [0.3, 0.4) is 0 Å². The van der Waals surface area contributed by atoms with Gasteiger partial charge in [-0.2, -0.15) is 4.31 Å². The molecule has 6 heteroatoms. The molecule has 0 radical (unpaired) electrons. The summed E-state index contributed by atoms with van der Waals surface area (Å²) in [5.74, 6) is 1.42. The molecular weight excluding hydrogens is 336 g/mol. The number of hydrogen-bond donors (Lipinski definition) is 0. The van der Waals surface area contributed by atoms with Crippen LogP contribution in [0.5, 0.6) is 0 Å². The standard InChI is InChI=1S/C19H26N2O3S/c1-16-5-8-18(9-6-16)11-14-25(22,23)21(13-12-20(3)4)15-19-10-7-17(2)24-19/h5-11,14H,12-13,15H2,1-4H3/b14-11+. The van der Waals surface area contributed by atoms with Crippen molar-refractivity contribution in [2.45, 2.75) is 20.4 Å². The second-order valence-corrected chi connectivity index (χ2v) is 8.23. The molecule has 5 nitrogen and oxygen atoms in total. The van der Waals surface area contributed by atoms with Crippen molar-refractivity contribution in [2.24, 2.45) is 0 Å². The quantitative estimate of drug-likeness (QED) is 0.723. The van der Waals surface area contributed by atoms with E-state index in [0.29, 0.717) is 18.8 Å². The molecule has 0 atom stereocenters. The first kappa shape index (κ1) is 19.4. The van der Waals surface area contributed by atoms with E-state index in [-0.39, 0.29) is 6.54 Å². The van der Waals surface area contributed by atoms with E-state index >= 15 is 0 Å². The lowest BCUT2D eigenvalue weighted by atomic mass is 10.2. The van der Waals surface area contributed by atoms with Gasteiger partial charge in [0.1, 0.15) is 11.5 Å². The number of aryl methyl sites for hydroxylation is 2. The summed E-state index contributed by atoms with van der Waals surface area (Å²) < 4.78 is 32.5. The van der Waals surface area contributed by atoms with Crippen LogP contribution in [0.1, 0.15) is 22.6 Å². The summed E-state index contributed by atoms with van der Waals surface area (Å²) in [6.07, 6.45) is 1.63. The maximum atomic E-state index is 12.8. The molecule has 0 N–H and O–H groups in total. The molecule has 0 unspecified atom stereocenters. The van der Waals surface area contributed by atoms with E-state index in [1.807, 2.05) is 69.2 Å². The van der Waals surface area contributed by atoms with Gasteiger partial charge in [-0.05, 0) is 51.7 Å². The number of benzene rings is 1. The van der Waals surface area contributed by atoms with Crippen molar-refractivity contribution < 1.29 is 12.8 Å². The van der Waals surface area contributed by atoms with Gasteiger partial charge >= 0.3 is 0 Å². The highest BCUT2D eigenvalue weighted by molar-refractivity contribution is 7.92. The molecule has 0 aliphatic carbocycles. The lowest BCUT2D eigenvalue weighted by Crippen LogP contribution is -2.35. The van der Waals surface area contributed by atoms with Crippen molar-refractivity contribution >= 4 is 16.1 Å². The van der Waals surface area contributed by atoms with Gasteiger partial charge in [-0.15, -0.1) is 0 Å². The molecule has 136 valence electrons. The molecule has 1 aromatic heterocycles. The summed E-state index contributed by atoms with van der Waals surface area (Å²) >= 11 is 0. The number of sulfonamides is 1. The summed E-state index contributed by atoms with van der Waals surface area (Å²) in [6.45, 7) is 5.10. The van der Waals surface area contributed by atoms with Crippen LogP contribution in [0.15, 0.2) is 46.2 Å². The topological polar surface area (TPSA) is 53.8 Å². The molecule has 2 rings (SSSR count). The largest absolute Gasteiger partial charge is 0.465 e. The Hall–Kier alpha value is -1.89. The molecule has 1 aromatic carbocycles. The Balaban J connectivity index is 2.18. The molecule has 0 spiro atoms. The monoisotopic (exact) mass is 362 g/mol. The number of likely N-dealkylation sites (N-methyl/N-ethyl adjacent to an activating group) is 1. The minimum atomic E-state index is -3.55. The summed E-state index contributed by atoms with van der Waals surface area (Å²) in [5.41, 5.74) is 2.00. The van der Waals surface area contributed by atoms with Crippen LogP contribution < -0.4 is 0 Å². The zero-order valence-corrected chi connectivity index (χ0v) is 16.1. The van der Waals surface area contributed by atoms with Crippen LogP contribution in [0.4, 0.5) is 0 Å². The third-order valence-electron chi connectivity index (χ3n) is 3.79. The van der Waals surface area contributed by atoms with Gasteiger partial charge in [-0.1, -0.05) is 29.8 Å². The molecule has 0 aliphatic heterocycles. The first-order valence-corrected chi connectivity index (χ1v) is 9.71. The third-order valence-corrected chi connectivity index (χ3v) is 5.31. The average molecular weight is 362 g/mol. The minimum absolute atomic E-state index is 0.224. The van der Waals surface area contributed by atoms with E-state index in [0.717, 1.165) is 16.9 Å². The number of nitrogens with zero attached hydrogens (tertiary/aromatic N) is 2. The smallest absolute Gasteiger partial charge is 0.236 e. The van der Waals surface area contributed by atoms with E-state index in [9.17, 15) is 8.42 Å². The maximum Gasteiger partial charge on any atom is 0.236 e. The van der Waals surface area contributed by atoms with Gasteiger partial charge in [-0.3, -0.25) is 0 Å². The lowest BCUT2D eigenvalue weighted by molar-refractivity contribution is 0.312. The van der Waals surface area contributed by atoms with Crippen molar-refractivity contribution in [1.29, 1.82) is 0 Å². The molecule has 0 amide bonds. The molecule has 25 heavy (non-hydrogen) atoms. The van der Waals surface area contributed by atoms with Gasteiger partial charge < -0.3 is 9.32 Å². The van der Waals surface area contributed by atoms with Gasteiger partial charge in [0.15, 0.2) is 0 Å². The zero-order chi connectivity index (χ0) is 18.4. The Morgan fingerprint density at radius 1 is 1.00 bits per heavy atom. The van der Waals surface area contributed by atoms with E-state index in [2.05, 4.69) is 0 Å². The van der Waals surface area contributed by atoms with Crippen LogP contribution in [-0.4, -0.2) is 44.8 Å². The fraction of sp³-hybridized carbons (Fsp3) is 0.368. The van der Waals surface area contributed by atoms with Crippen molar-refractivity contribution in [1.82, 2.24) is 9.21 Å². The lowest BCUT2D eigenvalue weighted by Gasteiger charge is -2.21. The number of hydrogen-bond acceptors (Lipinski definition) is 4. The van der Waals surface area contributed by atoms with Crippen molar-refractivity contribution in [3.8, 4) is 0 Å². The number of rotatable bonds is 8. The highest BCUT2D eigenvalue weighted by atomic mass is 32.2. The Morgan fingerprint density at radius 3 is 2.24 bits per heavy atom. The maximum absolute atomic E-state index is 12.8. The van der Waals surface area contributed by atoms with Crippen molar-refractivity contribution in [3.63, 3.8) is 0 Å². The van der Waals surface area contributed by atoms with Gasteiger partial charge in [0.05, 0.1) is 6.54 Å². The SMILES string of the molecule is Cc1ccc(/C=C/S(=O)(=O)N(CCN(C)C)Cc2ccc(C)o2)cc1. The van der Waals surface area contributed by atoms with E-state index in [1.54, 1.807) is 6.08 Å². The van der Waals surface area contributed by atoms with Crippen molar-refractivity contribution in [2.75, 3.05) is 27.2 Å². The fourth-order valence-corrected chi connectivity index (χ4v) is 3.42. The first-order chi connectivity index (χ1) is 11.8. The van der Waals surface area contributed by atoms with Crippen LogP contribution >= 0.6 is 0 Å². The van der Waals surface area contributed by atoms with Gasteiger partial charge in [-0.25, -0.2) is 8.42 Å². The minimum Gasteiger partial charge on any atom is -0.465 e. The Kier molecular flexibility index (Phi) is 6.58. The third kappa shape index (κ3) is 6.16. The van der Waals surface area contributed by atoms with E-state index in [4.69, 9.17) is 4.42 Å². The van der Waals surface area contributed by atoms with E-state index in [1.165, 1.54) is 9.71 Å². The average Bonchev–Trinajstić information content (AvgIpc) is 2.96. The van der Waals surface area contributed by atoms with Crippen LogP contribution in [0, 0.1) is 13.8 Å². The molecule has 0 saturated carbocycles. The molecule has 1 heterocycles. The molecular formula is C19H26N2O3S. The predicted molar refractivity (Wildman–Crippen MR) is 102 cm³/mol. The van der Waals surface area contributed by atoms with Crippen molar-refractivity contribution in [3.05, 3.63) is 64.5 Å². The highest BCUT2D eigenvalue weighted by Crippen LogP contribution is 2.15. The highest BCUT2D eigenvalue weighted by Gasteiger charge is 2.21. The second-order valence-electron chi connectivity index (χ2n) is 6.41. The zero-order valence-electron chi connectivity index (χ0n) is 15.3. The van der Waals surface area contributed by atoms with Gasteiger partial charge in [0.2, 0.25) is 10.0 Å². The summed E-state index contributed by atoms with van der Waals surface area (Å²) in [7, 11) is 0.292. The summed E-state index contributed by atoms with van der Waals surface area (Å²) in [5, 5.41) is 1.27. The fourth-order valence-electron chi connectivity index (χ4n) is 2.28. The van der Waals surface area contributed by atoms with Crippen LogP contribution in [-0.2, 0) is 16.6 Å². The van der Waals surface area contributed by atoms with E-state index < -0.39 is 10.0 Å². The van der Waals surface area contributed by atoms with Crippen LogP contribution in [0.25, 0.3) is 6.08 Å².